The van der Waals surface area contributed by atoms with Gasteiger partial charge in [0.05, 0.1) is 0 Å². The fraction of sp³-hybridized carbons (Fsp3) is 0.0196. The molecule has 0 amide bonds. The largest absolute Gasteiger partial charge is 0.456 e. The fourth-order valence-electron chi connectivity index (χ4n) is 11.1. The lowest BCUT2D eigenvalue weighted by atomic mass is 9.30. The number of aryl methyl sites for hydroxylation is 1. The van der Waals surface area contributed by atoms with Crippen LogP contribution in [0.2, 0.25) is 0 Å². The highest BCUT2D eigenvalue weighted by molar-refractivity contribution is 7.02. The molecule has 56 heavy (non-hydrogen) atoms. The van der Waals surface area contributed by atoms with Gasteiger partial charge < -0.3 is 17.7 Å². The number of fused-ring (bicyclic) bond motifs is 20. The Morgan fingerprint density at radius 3 is 1.11 bits per heavy atom. The first-order valence-corrected chi connectivity index (χ1v) is 19.3. The summed E-state index contributed by atoms with van der Waals surface area (Å²) in [6, 6.07) is 47.9. The number of hydrogen-bond acceptors (Lipinski definition) is 4. The lowest BCUT2D eigenvalue weighted by Crippen LogP contribution is -2.57. The zero-order valence-electron chi connectivity index (χ0n) is 29.9. The Morgan fingerprint density at radius 1 is 0.339 bits per heavy atom. The van der Waals surface area contributed by atoms with Crippen molar-refractivity contribution in [3.63, 3.8) is 0 Å². The van der Waals surface area contributed by atoms with Crippen molar-refractivity contribution >= 4 is 132 Å². The summed E-state index contributed by atoms with van der Waals surface area (Å²) in [6.45, 7) is 2.15. The molecule has 0 fully saturated rings. The standard InChI is InChI=1S/C51H25BO4/c1-24-18-31-49-45-29(20-39-47(49)27-12-4-8-16-37(27)53-39)43-25-10-2-6-14-35(25)55-41(43)22-33(45)52-34-23-42-44(26-11-3-7-15-36(26)56-42)30-21-40-48(28-13-5-9-17-38(28)54-40)50(46(30)34)32(19-24)51(31)52/h2-23H,1H3. The Morgan fingerprint density at radius 2 is 0.696 bits per heavy atom. The van der Waals surface area contributed by atoms with E-state index in [1.807, 2.05) is 0 Å². The van der Waals surface area contributed by atoms with Gasteiger partial charge in [0.15, 0.2) is 0 Å². The zero-order chi connectivity index (χ0) is 36.1. The van der Waals surface area contributed by atoms with Gasteiger partial charge in [0.1, 0.15) is 44.7 Å². The van der Waals surface area contributed by atoms with Gasteiger partial charge in [-0.25, -0.2) is 0 Å². The zero-order valence-corrected chi connectivity index (χ0v) is 29.9. The second-order valence-corrected chi connectivity index (χ2v) is 15.9. The Balaban J connectivity index is 1.25. The number of rotatable bonds is 0. The molecular formula is C51H25BO4. The van der Waals surface area contributed by atoms with Crippen molar-refractivity contribution in [2.24, 2.45) is 0 Å². The second-order valence-electron chi connectivity index (χ2n) is 15.9. The number of furan rings is 4. The molecule has 0 spiro atoms. The van der Waals surface area contributed by atoms with Crippen LogP contribution in [0.5, 0.6) is 0 Å². The maximum absolute atomic E-state index is 6.77. The Bertz CT molecular complexity index is 3760. The molecule has 9 aromatic carbocycles. The average Bonchev–Trinajstić information content (AvgIpc) is 3.99. The van der Waals surface area contributed by atoms with Crippen LogP contribution < -0.4 is 16.4 Å². The van der Waals surface area contributed by atoms with Gasteiger partial charge in [-0.1, -0.05) is 101 Å². The first kappa shape index (κ1) is 28.2. The van der Waals surface area contributed by atoms with E-state index >= 15 is 0 Å². The third-order valence-electron chi connectivity index (χ3n) is 13.0. The summed E-state index contributed by atoms with van der Waals surface area (Å²) < 4.78 is 27.1. The van der Waals surface area contributed by atoms with Crippen molar-refractivity contribution in [2.45, 2.75) is 6.92 Å². The predicted molar refractivity (Wildman–Crippen MR) is 231 cm³/mol. The molecule has 13 aromatic rings. The van der Waals surface area contributed by atoms with Gasteiger partial charge in [0.2, 0.25) is 6.71 Å². The molecule has 0 unspecified atom stereocenters. The molecule has 4 nitrogen and oxygen atoms in total. The minimum Gasteiger partial charge on any atom is -0.456 e. The molecule has 0 N–H and O–H groups in total. The molecule has 0 atom stereocenters. The molecule has 256 valence electrons. The van der Waals surface area contributed by atoms with E-state index in [9.17, 15) is 0 Å². The molecule has 15 rings (SSSR count). The molecule has 0 saturated carbocycles. The molecule has 5 heteroatoms. The van der Waals surface area contributed by atoms with Crippen molar-refractivity contribution in [2.75, 3.05) is 0 Å². The summed E-state index contributed by atoms with van der Waals surface area (Å²) in [7, 11) is 0. The van der Waals surface area contributed by atoms with Crippen LogP contribution in [0.3, 0.4) is 0 Å². The van der Waals surface area contributed by atoms with Crippen molar-refractivity contribution < 1.29 is 17.7 Å². The van der Waals surface area contributed by atoms with E-state index < -0.39 is 0 Å². The van der Waals surface area contributed by atoms with E-state index in [0.717, 1.165) is 98.5 Å². The topological polar surface area (TPSA) is 52.6 Å². The van der Waals surface area contributed by atoms with Gasteiger partial charge in [-0.2, -0.15) is 0 Å². The summed E-state index contributed by atoms with van der Waals surface area (Å²) in [4.78, 5) is 0. The van der Waals surface area contributed by atoms with Crippen molar-refractivity contribution in [1.29, 1.82) is 0 Å². The van der Waals surface area contributed by atoms with Crippen LogP contribution in [0.15, 0.2) is 151 Å². The highest BCUT2D eigenvalue weighted by Crippen LogP contribution is 2.51. The molecule has 6 heterocycles. The Labute approximate surface area is 317 Å². The number of para-hydroxylation sites is 4. The lowest BCUT2D eigenvalue weighted by molar-refractivity contribution is 0.668. The van der Waals surface area contributed by atoms with E-state index in [1.165, 1.54) is 55.0 Å². The smallest absolute Gasteiger partial charge is 0.244 e. The van der Waals surface area contributed by atoms with Crippen LogP contribution in [-0.2, 0) is 0 Å². The minimum absolute atomic E-state index is 0.0907. The van der Waals surface area contributed by atoms with E-state index in [4.69, 9.17) is 17.7 Å². The third-order valence-corrected chi connectivity index (χ3v) is 13.0. The predicted octanol–water partition coefficient (Wildman–Crippen LogP) is 12.4. The second kappa shape index (κ2) is 9.34. The van der Waals surface area contributed by atoms with Crippen LogP contribution in [0, 0.1) is 6.92 Å². The molecule has 0 bridgehead atoms. The summed E-state index contributed by atoms with van der Waals surface area (Å²) in [6.07, 6.45) is 0. The highest BCUT2D eigenvalue weighted by Gasteiger charge is 2.42. The third kappa shape index (κ3) is 3.13. The van der Waals surface area contributed by atoms with Crippen LogP contribution >= 0.6 is 0 Å². The van der Waals surface area contributed by atoms with E-state index in [-0.39, 0.29) is 6.71 Å². The molecule has 0 saturated heterocycles. The van der Waals surface area contributed by atoms with Crippen LogP contribution in [0.25, 0.3) is 132 Å². The monoisotopic (exact) mass is 712 g/mol. The molecular weight excluding hydrogens is 687 g/mol. The molecule has 4 aromatic heterocycles. The fourth-order valence-corrected chi connectivity index (χ4v) is 11.1. The lowest BCUT2D eigenvalue weighted by Gasteiger charge is -2.35. The summed E-state index contributed by atoms with van der Waals surface area (Å²) in [5.74, 6) is 0. The number of benzene rings is 9. The first-order chi connectivity index (χ1) is 27.7. The van der Waals surface area contributed by atoms with Crippen LogP contribution in [0.4, 0.5) is 0 Å². The SMILES string of the molecule is Cc1cc2c3c(c1)-c1c4c(cc5oc6ccccc6c5c4cc4oc5ccccc5c14)B3c1cc3oc4ccccc4c3c3cc4oc5ccccc5c4c-2c13. The van der Waals surface area contributed by atoms with Crippen LogP contribution in [-0.4, -0.2) is 6.71 Å². The maximum Gasteiger partial charge on any atom is 0.244 e. The molecule has 0 radical (unpaired) electrons. The van der Waals surface area contributed by atoms with E-state index in [2.05, 4.69) is 140 Å². The van der Waals surface area contributed by atoms with Crippen molar-refractivity contribution in [1.82, 2.24) is 0 Å². The Hall–Kier alpha value is -7.24. The van der Waals surface area contributed by atoms with Gasteiger partial charge in [-0.05, 0) is 93.7 Å². The first-order valence-electron chi connectivity index (χ1n) is 19.3. The van der Waals surface area contributed by atoms with Gasteiger partial charge in [-0.15, -0.1) is 0 Å². The molecule has 2 aliphatic rings. The normalized spacial score (nSPS) is 13.4. The van der Waals surface area contributed by atoms with E-state index in [1.54, 1.807) is 0 Å². The van der Waals surface area contributed by atoms with Gasteiger partial charge in [0.25, 0.3) is 0 Å². The average molecular weight is 713 g/mol. The minimum atomic E-state index is -0.0907. The van der Waals surface area contributed by atoms with Gasteiger partial charge in [-0.3, -0.25) is 0 Å². The molecule has 2 aliphatic heterocycles. The van der Waals surface area contributed by atoms with E-state index in [0.29, 0.717) is 0 Å². The Kier molecular flexibility index (Phi) is 4.71. The van der Waals surface area contributed by atoms with Crippen molar-refractivity contribution in [3.05, 3.63) is 139 Å². The molecule has 0 aliphatic carbocycles. The summed E-state index contributed by atoms with van der Waals surface area (Å²) >= 11 is 0. The number of hydrogen-bond donors (Lipinski definition) is 0. The quantitative estimate of drug-likeness (QED) is 0.147. The highest BCUT2D eigenvalue weighted by atomic mass is 16.3. The summed E-state index contributed by atoms with van der Waals surface area (Å²) in [5.41, 5.74) is 17.1. The van der Waals surface area contributed by atoms with Crippen molar-refractivity contribution in [3.8, 4) is 22.3 Å². The maximum atomic E-state index is 6.77. The van der Waals surface area contributed by atoms with Gasteiger partial charge >= 0.3 is 0 Å². The van der Waals surface area contributed by atoms with Gasteiger partial charge in [0, 0.05) is 54.2 Å². The van der Waals surface area contributed by atoms with Crippen LogP contribution in [0.1, 0.15) is 5.56 Å². The summed E-state index contributed by atoms with van der Waals surface area (Å²) in [5, 5.41) is 13.9.